The van der Waals surface area contributed by atoms with Crippen LogP contribution in [0.15, 0.2) is 88.9 Å². The third-order valence-electron chi connectivity index (χ3n) is 8.06. The van der Waals surface area contributed by atoms with Crippen molar-refractivity contribution in [1.29, 1.82) is 0 Å². The van der Waals surface area contributed by atoms with Crippen molar-refractivity contribution in [2.45, 2.75) is 60.3 Å². The monoisotopic (exact) mass is 721 g/mol. The summed E-state index contributed by atoms with van der Waals surface area (Å²) >= 11 is 3.24. The molecule has 2 N–H and O–H groups in total. The summed E-state index contributed by atoms with van der Waals surface area (Å²) in [6, 6.07) is 15.4. The normalized spacial score (nSPS) is 13.8. The molecule has 48 heavy (non-hydrogen) atoms. The first kappa shape index (κ1) is 40.3. The van der Waals surface area contributed by atoms with E-state index in [0.29, 0.717) is 15.7 Å². The Balaban J connectivity index is 0.000000275. The maximum absolute atomic E-state index is 13.3. The predicted octanol–water partition coefficient (Wildman–Crippen LogP) is 10.1. The number of hydrogen-bond acceptors (Lipinski definition) is 4. The van der Waals surface area contributed by atoms with Gasteiger partial charge in [0.2, 0.25) is 0 Å². The minimum Gasteiger partial charge on any atom is -0.496 e. The van der Waals surface area contributed by atoms with Crippen LogP contribution in [-0.2, 0) is 11.2 Å². The van der Waals surface area contributed by atoms with Crippen LogP contribution in [-0.4, -0.2) is 38.9 Å². The van der Waals surface area contributed by atoms with Crippen molar-refractivity contribution < 1.29 is 18.3 Å². The number of halogens is 3. The van der Waals surface area contributed by atoms with Crippen LogP contribution in [0.25, 0.3) is 5.57 Å². The number of carbonyl (C=O) groups is 1. The largest absolute Gasteiger partial charge is 0.496 e. The Morgan fingerprint density at radius 3 is 2.27 bits per heavy atom. The van der Waals surface area contributed by atoms with Gasteiger partial charge in [0.15, 0.2) is 0 Å². The third-order valence-corrected chi connectivity index (χ3v) is 8.89. The Bertz CT molecular complexity index is 1570. The van der Waals surface area contributed by atoms with Crippen LogP contribution in [0, 0.1) is 38.3 Å². The first-order chi connectivity index (χ1) is 22.9. The summed E-state index contributed by atoms with van der Waals surface area (Å²) in [5.41, 5.74) is 7.43. The lowest BCUT2D eigenvalue weighted by atomic mass is 9.89. The summed E-state index contributed by atoms with van der Waals surface area (Å²) in [6.07, 6.45) is 10.6. The molecule has 258 valence electrons. The molecule has 0 atom stereocenters. The van der Waals surface area contributed by atoms with Crippen LogP contribution in [0.2, 0.25) is 0 Å². The molecule has 3 aromatic rings. The van der Waals surface area contributed by atoms with Crippen LogP contribution < -0.4 is 15.4 Å². The summed E-state index contributed by atoms with van der Waals surface area (Å²) in [5, 5.41) is 6.03. The Labute approximate surface area is 294 Å². The van der Waals surface area contributed by atoms with Crippen molar-refractivity contribution in [2.75, 3.05) is 32.6 Å². The standard InChI is InChI=1S/C20H29NO.C13H14BrFN2O.C7H7F/c1-5-6-15(2)19-14-20(22-4)18(13-16(19)3)8-7-17-9-11-21-12-10-17;1-4-10(14)12(16-3)13(18)17-9-6-5-8(2)11(15)7-9;1-6-2-4-7(8)5-3-6/h5-6,13-14,17,21H,1,7-12H2,2-4H3;4-7H,1-3H3,(H,17,18);2-5H,1H3/b15-6-;10-4+,16-12?;. The number of benzene rings is 3. The number of aliphatic imine (C=N–C) groups is 1. The maximum Gasteiger partial charge on any atom is 0.274 e. The highest BCUT2D eigenvalue weighted by Crippen LogP contribution is 2.30. The molecule has 3 aromatic carbocycles. The number of amides is 1. The van der Waals surface area contributed by atoms with Gasteiger partial charge >= 0.3 is 0 Å². The molecule has 0 spiro atoms. The minimum absolute atomic E-state index is 0.171. The number of nitrogens with zero attached hydrogens (tertiary/aromatic N) is 1. The molecule has 4 rings (SSSR count). The predicted molar refractivity (Wildman–Crippen MR) is 202 cm³/mol. The van der Waals surface area contributed by atoms with Gasteiger partial charge in [-0.1, -0.05) is 54.6 Å². The lowest BCUT2D eigenvalue weighted by molar-refractivity contribution is -0.110. The summed E-state index contributed by atoms with van der Waals surface area (Å²) in [4.78, 5) is 15.8. The highest BCUT2D eigenvalue weighted by molar-refractivity contribution is 9.12. The van der Waals surface area contributed by atoms with Crippen LogP contribution in [0.1, 0.15) is 60.9 Å². The number of aryl methyl sites for hydroxylation is 4. The van der Waals surface area contributed by atoms with Gasteiger partial charge in [-0.2, -0.15) is 0 Å². The Morgan fingerprint density at radius 1 is 1.06 bits per heavy atom. The fraction of sp³-hybridized carbons (Fsp3) is 0.350. The zero-order valence-electron chi connectivity index (χ0n) is 29.4. The zero-order chi connectivity index (χ0) is 35.6. The molecule has 1 fully saturated rings. The number of allylic oxidation sites excluding steroid dienone is 4. The van der Waals surface area contributed by atoms with E-state index < -0.39 is 0 Å². The topological polar surface area (TPSA) is 62.7 Å². The van der Waals surface area contributed by atoms with Gasteiger partial charge in [-0.05, 0) is 153 Å². The molecular weight excluding hydrogens is 672 g/mol. The molecule has 0 bridgehead atoms. The van der Waals surface area contributed by atoms with E-state index in [4.69, 9.17) is 4.74 Å². The molecule has 0 aliphatic carbocycles. The molecule has 1 amide bonds. The Kier molecular flexibility index (Phi) is 17.8. The molecular formula is C40H50BrF2N3O2. The smallest absolute Gasteiger partial charge is 0.274 e. The average molecular weight is 723 g/mol. The van der Waals surface area contributed by atoms with Crippen molar-refractivity contribution in [3.8, 4) is 5.75 Å². The molecule has 8 heteroatoms. The van der Waals surface area contributed by atoms with Gasteiger partial charge in [0.05, 0.1) is 7.11 Å². The van der Waals surface area contributed by atoms with Crippen molar-refractivity contribution in [2.24, 2.45) is 10.9 Å². The SMILES string of the molecule is C/C=C(/Br)C(=NC)C(=O)Nc1ccc(C)c(F)c1.C=C/C=C(/C)c1cc(OC)c(CCC2CCNCC2)cc1C.Cc1ccc(F)cc1. The molecule has 1 heterocycles. The van der Waals surface area contributed by atoms with E-state index in [9.17, 15) is 13.6 Å². The average Bonchev–Trinajstić information content (AvgIpc) is 3.08. The number of piperidine rings is 1. The van der Waals surface area contributed by atoms with E-state index in [1.165, 1.54) is 79.9 Å². The van der Waals surface area contributed by atoms with Gasteiger partial charge in [-0.3, -0.25) is 9.79 Å². The molecule has 0 aromatic heterocycles. The number of carbonyl (C=O) groups excluding carboxylic acids is 1. The molecule has 0 radical (unpaired) electrons. The summed E-state index contributed by atoms with van der Waals surface area (Å²) in [6.45, 7) is 15.8. The molecule has 5 nitrogen and oxygen atoms in total. The number of anilines is 1. The van der Waals surface area contributed by atoms with Crippen LogP contribution >= 0.6 is 15.9 Å². The lowest BCUT2D eigenvalue weighted by Crippen LogP contribution is -2.27. The van der Waals surface area contributed by atoms with Crippen molar-refractivity contribution in [3.05, 3.63) is 123 Å². The van der Waals surface area contributed by atoms with Crippen molar-refractivity contribution in [3.63, 3.8) is 0 Å². The fourth-order valence-electron chi connectivity index (χ4n) is 5.20. The highest BCUT2D eigenvalue weighted by Gasteiger charge is 2.16. The number of ether oxygens (including phenoxy) is 1. The maximum atomic E-state index is 13.3. The number of rotatable bonds is 9. The lowest BCUT2D eigenvalue weighted by Gasteiger charge is -2.23. The quantitative estimate of drug-likeness (QED) is 0.171. The molecule has 1 saturated heterocycles. The molecule has 0 unspecified atom stereocenters. The van der Waals surface area contributed by atoms with Crippen molar-refractivity contribution in [1.82, 2.24) is 5.32 Å². The van der Waals surface area contributed by atoms with E-state index in [2.05, 4.69) is 70.2 Å². The summed E-state index contributed by atoms with van der Waals surface area (Å²) < 4.78 is 31.7. The first-order valence-corrected chi connectivity index (χ1v) is 17.0. The number of hydrogen-bond donors (Lipinski definition) is 2. The Hall–Kier alpha value is -3.88. The van der Waals surface area contributed by atoms with Crippen LogP contribution in [0.5, 0.6) is 5.75 Å². The Morgan fingerprint density at radius 2 is 1.73 bits per heavy atom. The van der Waals surface area contributed by atoms with Gasteiger partial charge in [-0.25, -0.2) is 8.78 Å². The van der Waals surface area contributed by atoms with E-state index in [1.807, 2.05) is 13.0 Å². The van der Waals surface area contributed by atoms with Gasteiger partial charge < -0.3 is 15.4 Å². The third kappa shape index (κ3) is 13.3. The number of nitrogens with one attached hydrogen (secondary N) is 2. The van der Waals surface area contributed by atoms with Gasteiger partial charge in [0, 0.05) is 17.2 Å². The van der Waals surface area contributed by atoms with Gasteiger partial charge in [0.25, 0.3) is 5.91 Å². The van der Waals surface area contributed by atoms with Crippen LogP contribution in [0.3, 0.4) is 0 Å². The molecule has 0 saturated carbocycles. The second kappa shape index (κ2) is 21.2. The number of methoxy groups -OCH3 is 1. The van der Waals surface area contributed by atoms with Crippen LogP contribution in [0.4, 0.5) is 14.5 Å². The molecule has 1 aliphatic heterocycles. The highest BCUT2D eigenvalue weighted by atomic mass is 79.9. The first-order valence-electron chi connectivity index (χ1n) is 16.2. The fourth-order valence-corrected chi connectivity index (χ4v) is 5.56. The van der Waals surface area contributed by atoms with E-state index in [0.717, 1.165) is 23.7 Å². The summed E-state index contributed by atoms with van der Waals surface area (Å²) in [5.74, 6) is 0.967. The second-order valence-electron chi connectivity index (χ2n) is 11.7. The second-order valence-corrected chi connectivity index (χ2v) is 12.6. The summed E-state index contributed by atoms with van der Waals surface area (Å²) in [7, 11) is 3.30. The van der Waals surface area contributed by atoms with Gasteiger partial charge in [-0.15, -0.1) is 0 Å². The zero-order valence-corrected chi connectivity index (χ0v) is 30.9. The van der Waals surface area contributed by atoms with E-state index in [-0.39, 0.29) is 23.3 Å². The van der Waals surface area contributed by atoms with Gasteiger partial charge in [0.1, 0.15) is 23.1 Å². The molecule has 1 aliphatic rings. The van der Waals surface area contributed by atoms with E-state index in [1.54, 1.807) is 51.3 Å². The van der Waals surface area contributed by atoms with E-state index >= 15 is 0 Å². The van der Waals surface area contributed by atoms with Crippen molar-refractivity contribution >= 4 is 38.8 Å². The minimum atomic E-state index is -0.384.